The fourth-order valence-electron chi connectivity index (χ4n) is 2.07. The van der Waals surface area contributed by atoms with Gasteiger partial charge in [-0.05, 0) is 42.5 Å². The van der Waals surface area contributed by atoms with Gasteiger partial charge >= 0.3 is 0 Å². The highest BCUT2D eigenvalue weighted by Gasteiger charge is 2.06. The van der Waals surface area contributed by atoms with Crippen molar-refractivity contribution < 1.29 is 0 Å². The lowest BCUT2D eigenvalue weighted by Crippen LogP contribution is -1.98. The van der Waals surface area contributed by atoms with Crippen LogP contribution in [0, 0.1) is 0 Å². The Kier molecular flexibility index (Phi) is 2.69. The van der Waals surface area contributed by atoms with Crippen molar-refractivity contribution >= 4 is 39.8 Å². The lowest BCUT2D eigenvalue weighted by atomic mass is 10.2. The minimum atomic E-state index is 0.635. The Balaban J connectivity index is 2.25. The molecule has 0 fully saturated rings. The zero-order valence-corrected chi connectivity index (χ0v) is 10.9. The maximum absolute atomic E-state index is 6.00. The van der Waals surface area contributed by atoms with Gasteiger partial charge in [-0.25, -0.2) is 0 Å². The van der Waals surface area contributed by atoms with E-state index in [1.807, 2.05) is 47.2 Å². The third kappa shape index (κ3) is 1.84. The molecule has 0 spiro atoms. The second kappa shape index (κ2) is 4.23. The summed E-state index contributed by atoms with van der Waals surface area (Å²) in [6.07, 6.45) is 1.97. The van der Waals surface area contributed by atoms with E-state index in [9.17, 15) is 0 Å². The van der Waals surface area contributed by atoms with Crippen LogP contribution in [0.25, 0.3) is 16.6 Å². The van der Waals surface area contributed by atoms with E-state index in [2.05, 4.69) is 0 Å². The van der Waals surface area contributed by atoms with Crippen LogP contribution < -0.4 is 5.73 Å². The van der Waals surface area contributed by atoms with Crippen molar-refractivity contribution in [1.29, 1.82) is 0 Å². The van der Waals surface area contributed by atoms with Gasteiger partial charge in [0.25, 0.3) is 0 Å². The van der Waals surface area contributed by atoms with Gasteiger partial charge in [-0.15, -0.1) is 0 Å². The van der Waals surface area contributed by atoms with Gasteiger partial charge in [-0.1, -0.05) is 23.2 Å². The predicted molar refractivity (Wildman–Crippen MR) is 77.7 cm³/mol. The highest BCUT2D eigenvalue weighted by Crippen LogP contribution is 2.27. The molecule has 0 aliphatic carbocycles. The summed E-state index contributed by atoms with van der Waals surface area (Å²) in [7, 11) is 0. The number of hydrogen-bond donors (Lipinski definition) is 1. The summed E-state index contributed by atoms with van der Waals surface area (Å²) < 4.78 is 2.03. The Hall–Kier alpha value is -1.64. The van der Waals surface area contributed by atoms with E-state index in [0.29, 0.717) is 10.7 Å². The molecule has 0 saturated heterocycles. The van der Waals surface area contributed by atoms with E-state index in [4.69, 9.17) is 28.9 Å². The van der Waals surface area contributed by atoms with Crippen molar-refractivity contribution in [2.45, 2.75) is 0 Å². The Morgan fingerprint density at radius 3 is 2.39 bits per heavy atom. The number of benzene rings is 2. The minimum Gasteiger partial charge on any atom is -0.397 e. The quantitative estimate of drug-likeness (QED) is 0.651. The summed E-state index contributed by atoms with van der Waals surface area (Å²) in [5.74, 6) is 0. The van der Waals surface area contributed by atoms with E-state index < -0.39 is 0 Å². The van der Waals surface area contributed by atoms with Crippen molar-refractivity contribution in [2.24, 2.45) is 0 Å². The summed E-state index contributed by atoms with van der Waals surface area (Å²) in [5, 5.41) is 2.44. The summed E-state index contributed by atoms with van der Waals surface area (Å²) in [5.41, 5.74) is 8.63. The van der Waals surface area contributed by atoms with Gasteiger partial charge in [-0.3, -0.25) is 0 Å². The van der Waals surface area contributed by atoms with Gasteiger partial charge in [-0.2, -0.15) is 0 Å². The molecule has 0 aliphatic rings. The monoisotopic (exact) mass is 276 g/mol. The second-order valence-electron chi connectivity index (χ2n) is 4.09. The van der Waals surface area contributed by atoms with E-state index in [0.717, 1.165) is 21.6 Å². The molecule has 1 aromatic heterocycles. The lowest BCUT2D eigenvalue weighted by molar-refractivity contribution is 1.13. The number of rotatable bonds is 1. The zero-order chi connectivity index (χ0) is 12.7. The van der Waals surface area contributed by atoms with E-state index in [-0.39, 0.29) is 0 Å². The highest BCUT2D eigenvalue weighted by atomic mass is 35.5. The number of halogens is 2. The summed E-state index contributed by atoms with van der Waals surface area (Å²) in [6, 6.07) is 13.3. The molecule has 0 atom stereocenters. The van der Waals surface area contributed by atoms with Gasteiger partial charge in [0.15, 0.2) is 0 Å². The minimum absolute atomic E-state index is 0.635. The first-order chi connectivity index (χ1) is 8.65. The topological polar surface area (TPSA) is 30.9 Å². The average Bonchev–Trinajstić information content (AvgIpc) is 2.72. The van der Waals surface area contributed by atoms with E-state index in [1.165, 1.54) is 0 Å². The highest BCUT2D eigenvalue weighted by molar-refractivity contribution is 6.31. The Bertz CT molecular complexity index is 732. The molecule has 90 valence electrons. The first kappa shape index (κ1) is 11.5. The Morgan fingerprint density at radius 1 is 0.889 bits per heavy atom. The second-order valence-corrected chi connectivity index (χ2v) is 4.96. The molecule has 1 heterocycles. The number of aromatic nitrogens is 1. The predicted octanol–water partition coefficient (Wildman–Crippen LogP) is 4.52. The van der Waals surface area contributed by atoms with Crippen LogP contribution >= 0.6 is 23.2 Å². The van der Waals surface area contributed by atoms with Crippen molar-refractivity contribution in [3.05, 3.63) is 58.7 Å². The van der Waals surface area contributed by atoms with Gasteiger partial charge in [0, 0.05) is 21.6 Å². The molecule has 4 heteroatoms. The molecule has 18 heavy (non-hydrogen) atoms. The number of nitrogen functional groups attached to an aromatic ring is 1. The molecule has 0 aliphatic heterocycles. The summed E-state index contributed by atoms with van der Waals surface area (Å²) in [6.45, 7) is 0. The van der Waals surface area contributed by atoms with Crippen molar-refractivity contribution in [3.8, 4) is 5.69 Å². The SMILES string of the molecule is Nc1cc(Cl)ccc1-n1ccc2cc(Cl)ccc21. The first-order valence-electron chi connectivity index (χ1n) is 5.47. The van der Waals surface area contributed by atoms with Crippen LogP contribution in [0.4, 0.5) is 5.69 Å². The van der Waals surface area contributed by atoms with Crippen LogP contribution in [0.5, 0.6) is 0 Å². The third-order valence-electron chi connectivity index (χ3n) is 2.90. The molecule has 2 aromatic carbocycles. The lowest BCUT2D eigenvalue weighted by Gasteiger charge is -2.09. The average molecular weight is 277 g/mol. The fourth-order valence-corrected chi connectivity index (χ4v) is 2.43. The number of fused-ring (bicyclic) bond motifs is 1. The van der Waals surface area contributed by atoms with Gasteiger partial charge in [0.05, 0.1) is 16.9 Å². The molecule has 2 nitrogen and oxygen atoms in total. The van der Waals surface area contributed by atoms with Crippen LogP contribution in [-0.2, 0) is 0 Å². The molecule has 0 saturated carbocycles. The molecular formula is C14H10Cl2N2. The Labute approximate surface area is 115 Å². The normalized spacial score (nSPS) is 11.0. The standard InChI is InChI=1S/C14H10Cl2N2/c15-10-1-3-13-9(7-10)5-6-18(13)14-4-2-11(16)8-12(14)17/h1-8H,17H2. The fraction of sp³-hybridized carbons (Fsp3) is 0. The van der Waals surface area contributed by atoms with E-state index in [1.54, 1.807) is 6.07 Å². The first-order valence-corrected chi connectivity index (χ1v) is 6.23. The van der Waals surface area contributed by atoms with Crippen LogP contribution in [0.2, 0.25) is 10.0 Å². The maximum Gasteiger partial charge on any atom is 0.0686 e. The van der Waals surface area contributed by atoms with E-state index >= 15 is 0 Å². The molecule has 0 bridgehead atoms. The number of nitrogens with zero attached hydrogens (tertiary/aromatic N) is 1. The number of anilines is 1. The van der Waals surface area contributed by atoms with Crippen molar-refractivity contribution in [2.75, 3.05) is 5.73 Å². The summed E-state index contributed by atoms with van der Waals surface area (Å²) >= 11 is 11.9. The Morgan fingerprint density at radius 2 is 1.61 bits per heavy atom. The van der Waals surface area contributed by atoms with Crippen molar-refractivity contribution in [1.82, 2.24) is 4.57 Å². The van der Waals surface area contributed by atoms with Crippen molar-refractivity contribution in [3.63, 3.8) is 0 Å². The molecule has 3 aromatic rings. The molecule has 2 N–H and O–H groups in total. The van der Waals surface area contributed by atoms with Gasteiger partial charge < -0.3 is 10.3 Å². The van der Waals surface area contributed by atoms with Crippen LogP contribution in [0.1, 0.15) is 0 Å². The maximum atomic E-state index is 6.00. The largest absolute Gasteiger partial charge is 0.397 e. The van der Waals surface area contributed by atoms with Crippen LogP contribution in [-0.4, -0.2) is 4.57 Å². The molecule has 0 amide bonds. The van der Waals surface area contributed by atoms with Gasteiger partial charge in [0.1, 0.15) is 0 Å². The smallest absolute Gasteiger partial charge is 0.0686 e. The number of nitrogens with two attached hydrogens (primary N) is 1. The van der Waals surface area contributed by atoms with Crippen LogP contribution in [0.3, 0.4) is 0 Å². The molecular weight excluding hydrogens is 267 g/mol. The van der Waals surface area contributed by atoms with Gasteiger partial charge in [0.2, 0.25) is 0 Å². The summed E-state index contributed by atoms with van der Waals surface area (Å²) in [4.78, 5) is 0. The molecule has 3 rings (SSSR count). The third-order valence-corrected chi connectivity index (χ3v) is 3.37. The molecule has 0 radical (unpaired) electrons. The number of hydrogen-bond acceptors (Lipinski definition) is 1. The zero-order valence-electron chi connectivity index (χ0n) is 9.40. The van der Waals surface area contributed by atoms with Crippen LogP contribution in [0.15, 0.2) is 48.7 Å². The molecule has 0 unspecified atom stereocenters.